The minimum absolute atomic E-state index is 0.251. The van der Waals surface area contributed by atoms with Crippen LogP contribution in [0.1, 0.15) is 12.5 Å². The Bertz CT molecular complexity index is 439. The third-order valence-corrected chi connectivity index (χ3v) is 4.36. The number of hydrogen-bond acceptors (Lipinski definition) is 4. The third-order valence-electron chi connectivity index (χ3n) is 2.54. The highest BCUT2D eigenvalue weighted by molar-refractivity contribution is 7.91. The molecule has 5 heteroatoms. The lowest BCUT2D eigenvalue weighted by Gasteiger charge is -2.10. The molecule has 0 saturated heterocycles. The van der Waals surface area contributed by atoms with Crippen molar-refractivity contribution < 1.29 is 13.5 Å². The average molecular weight is 257 g/mol. The summed E-state index contributed by atoms with van der Waals surface area (Å²) in [7, 11) is -1.72. The van der Waals surface area contributed by atoms with E-state index in [4.69, 9.17) is 0 Å². The van der Waals surface area contributed by atoms with Crippen molar-refractivity contribution in [2.75, 3.05) is 19.3 Å². The Balaban J connectivity index is 2.82. The largest absolute Gasteiger partial charge is 0.391 e. The number of hydrogen-bond donors (Lipinski definition) is 2. The van der Waals surface area contributed by atoms with Crippen LogP contribution in [0.2, 0.25) is 0 Å². The highest BCUT2D eigenvalue weighted by Gasteiger charge is 2.19. The first-order valence-electron chi connectivity index (χ1n) is 5.64. The minimum atomic E-state index is -3.40. The molecule has 0 aliphatic rings. The van der Waals surface area contributed by atoms with Crippen molar-refractivity contribution in [2.45, 2.75) is 24.3 Å². The van der Waals surface area contributed by atoms with Crippen LogP contribution in [-0.2, 0) is 16.3 Å². The van der Waals surface area contributed by atoms with Crippen molar-refractivity contribution in [3.8, 4) is 0 Å². The van der Waals surface area contributed by atoms with Crippen LogP contribution < -0.4 is 5.32 Å². The summed E-state index contributed by atoms with van der Waals surface area (Å²) in [6.45, 7) is 2.28. The van der Waals surface area contributed by atoms with E-state index in [-0.39, 0.29) is 17.2 Å². The molecule has 2 N–H and O–H groups in total. The molecule has 0 bridgehead atoms. The van der Waals surface area contributed by atoms with Crippen LogP contribution in [0.15, 0.2) is 29.2 Å². The number of aryl methyl sites for hydroxylation is 1. The second kappa shape index (κ2) is 6.14. The zero-order valence-corrected chi connectivity index (χ0v) is 11.0. The number of sulfone groups is 1. The Hall–Kier alpha value is -0.910. The van der Waals surface area contributed by atoms with E-state index in [0.717, 1.165) is 12.0 Å². The third kappa shape index (κ3) is 4.11. The van der Waals surface area contributed by atoms with Crippen molar-refractivity contribution in [1.29, 1.82) is 0 Å². The minimum Gasteiger partial charge on any atom is -0.391 e. The summed E-state index contributed by atoms with van der Waals surface area (Å²) in [5, 5.41) is 12.3. The van der Waals surface area contributed by atoms with Crippen LogP contribution in [0.3, 0.4) is 0 Å². The topological polar surface area (TPSA) is 66.4 Å². The van der Waals surface area contributed by atoms with Crippen LogP contribution in [-0.4, -0.2) is 39.0 Å². The quantitative estimate of drug-likeness (QED) is 0.783. The predicted octanol–water partition coefficient (Wildman–Crippen LogP) is 0.603. The zero-order chi connectivity index (χ0) is 12.9. The Labute approximate surface area is 103 Å². The molecule has 0 saturated carbocycles. The molecule has 1 atom stereocenters. The van der Waals surface area contributed by atoms with Gasteiger partial charge in [-0.15, -0.1) is 0 Å². The van der Waals surface area contributed by atoms with Gasteiger partial charge in [0.25, 0.3) is 0 Å². The number of aliphatic hydroxyl groups excluding tert-OH is 1. The molecular weight excluding hydrogens is 238 g/mol. The van der Waals surface area contributed by atoms with Crippen LogP contribution in [0.25, 0.3) is 0 Å². The van der Waals surface area contributed by atoms with Gasteiger partial charge in [0.05, 0.1) is 16.8 Å². The molecule has 0 amide bonds. The summed E-state index contributed by atoms with van der Waals surface area (Å²) < 4.78 is 23.9. The summed E-state index contributed by atoms with van der Waals surface area (Å²) in [4.78, 5) is 0.268. The molecule has 17 heavy (non-hydrogen) atoms. The lowest BCUT2D eigenvalue weighted by Crippen LogP contribution is -2.30. The maximum Gasteiger partial charge on any atom is 0.180 e. The van der Waals surface area contributed by atoms with Gasteiger partial charge in [-0.05, 0) is 31.2 Å². The second-order valence-electron chi connectivity index (χ2n) is 3.99. The number of likely N-dealkylation sites (N-methyl/N-ethyl adjacent to an activating group) is 1. The Morgan fingerprint density at radius 3 is 2.35 bits per heavy atom. The molecule has 1 aromatic rings. The number of benzene rings is 1. The monoisotopic (exact) mass is 257 g/mol. The first-order chi connectivity index (χ1) is 7.99. The molecule has 0 radical (unpaired) electrons. The van der Waals surface area contributed by atoms with Crippen molar-refractivity contribution >= 4 is 9.84 Å². The van der Waals surface area contributed by atoms with Gasteiger partial charge < -0.3 is 10.4 Å². The molecule has 0 spiro atoms. The van der Waals surface area contributed by atoms with Gasteiger partial charge in [-0.2, -0.15) is 0 Å². The maximum absolute atomic E-state index is 11.9. The van der Waals surface area contributed by atoms with E-state index in [1.165, 1.54) is 0 Å². The Kier molecular flexibility index (Phi) is 5.11. The van der Waals surface area contributed by atoms with E-state index in [9.17, 15) is 13.5 Å². The normalized spacial score (nSPS) is 13.6. The molecule has 0 heterocycles. The highest BCUT2D eigenvalue weighted by atomic mass is 32.2. The number of nitrogens with one attached hydrogen (secondary N) is 1. The van der Waals surface area contributed by atoms with E-state index >= 15 is 0 Å². The summed E-state index contributed by atoms with van der Waals surface area (Å²) in [6.07, 6.45) is -0.00116. The smallest absolute Gasteiger partial charge is 0.180 e. The summed E-state index contributed by atoms with van der Waals surface area (Å²) in [5.41, 5.74) is 1.10. The van der Waals surface area contributed by atoms with E-state index in [1.54, 1.807) is 31.3 Å². The molecular formula is C12H19NO3S. The second-order valence-corrected chi connectivity index (χ2v) is 6.02. The van der Waals surface area contributed by atoms with Gasteiger partial charge in [0.2, 0.25) is 0 Å². The van der Waals surface area contributed by atoms with E-state index in [1.807, 2.05) is 6.92 Å². The molecule has 4 nitrogen and oxygen atoms in total. The number of rotatable bonds is 6. The molecule has 1 unspecified atom stereocenters. The molecule has 0 aliphatic carbocycles. The van der Waals surface area contributed by atoms with Gasteiger partial charge in [0.1, 0.15) is 0 Å². The highest BCUT2D eigenvalue weighted by Crippen LogP contribution is 2.13. The lowest BCUT2D eigenvalue weighted by molar-refractivity contribution is 0.197. The van der Waals surface area contributed by atoms with Crippen LogP contribution >= 0.6 is 0 Å². The van der Waals surface area contributed by atoms with E-state index in [0.29, 0.717) is 0 Å². The fourth-order valence-corrected chi connectivity index (χ4v) is 2.94. The molecule has 0 aromatic heterocycles. The van der Waals surface area contributed by atoms with Crippen LogP contribution in [0.4, 0.5) is 0 Å². The van der Waals surface area contributed by atoms with Gasteiger partial charge in [-0.1, -0.05) is 19.1 Å². The van der Waals surface area contributed by atoms with Gasteiger partial charge >= 0.3 is 0 Å². The summed E-state index contributed by atoms with van der Waals surface area (Å²) in [5.74, 6) is -0.251. The lowest BCUT2D eigenvalue weighted by atomic mass is 10.2. The molecule has 0 fully saturated rings. The average Bonchev–Trinajstić information content (AvgIpc) is 2.28. The SMILES string of the molecule is CCc1ccc(S(=O)(=O)CC(O)CNC)cc1. The molecule has 1 rings (SSSR count). The van der Waals surface area contributed by atoms with Crippen molar-refractivity contribution in [2.24, 2.45) is 0 Å². The van der Waals surface area contributed by atoms with Crippen LogP contribution in [0.5, 0.6) is 0 Å². The fourth-order valence-electron chi connectivity index (χ4n) is 1.58. The zero-order valence-electron chi connectivity index (χ0n) is 10.2. The van der Waals surface area contributed by atoms with Crippen LogP contribution in [0, 0.1) is 0 Å². The standard InChI is InChI=1S/C12H19NO3S/c1-3-10-4-6-12(7-5-10)17(15,16)9-11(14)8-13-2/h4-7,11,13-14H,3,8-9H2,1-2H3. The van der Waals surface area contributed by atoms with E-state index < -0.39 is 15.9 Å². The molecule has 96 valence electrons. The Morgan fingerprint density at radius 1 is 1.29 bits per heavy atom. The first-order valence-corrected chi connectivity index (χ1v) is 7.29. The van der Waals surface area contributed by atoms with Crippen molar-refractivity contribution in [3.63, 3.8) is 0 Å². The van der Waals surface area contributed by atoms with Gasteiger partial charge in [-0.25, -0.2) is 8.42 Å². The maximum atomic E-state index is 11.9. The Morgan fingerprint density at radius 2 is 1.88 bits per heavy atom. The van der Waals surface area contributed by atoms with E-state index in [2.05, 4.69) is 5.32 Å². The number of aliphatic hydroxyl groups is 1. The van der Waals surface area contributed by atoms with Gasteiger partial charge in [0.15, 0.2) is 9.84 Å². The predicted molar refractivity (Wildman–Crippen MR) is 67.8 cm³/mol. The first kappa shape index (κ1) is 14.2. The van der Waals surface area contributed by atoms with Crippen molar-refractivity contribution in [1.82, 2.24) is 5.32 Å². The van der Waals surface area contributed by atoms with Crippen molar-refractivity contribution in [3.05, 3.63) is 29.8 Å². The molecule has 1 aromatic carbocycles. The van der Waals surface area contributed by atoms with Gasteiger partial charge in [-0.3, -0.25) is 0 Å². The molecule has 0 aliphatic heterocycles. The van der Waals surface area contributed by atoms with Gasteiger partial charge in [0, 0.05) is 6.54 Å². The fraction of sp³-hybridized carbons (Fsp3) is 0.500. The summed E-state index contributed by atoms with van der Waals surface area (Å²) in [6, 6.07) is 6.80. The summed E-state index contributed by atoms with van der Waals surface area (Å²) >= 11 is 0.